The number of carbonyl (C=O) groups is 2. The summed E-state index contributed by atoms with van der Waals surface area (Å²) in [6, 6.07) is 27.3. The summed E-state index contributed by atoms with van der Waals surface area (Å²) in [5, 5.41) is 1.07. The Morgan fingerprint density at radius 3 is 2.32 bits per heavy atom. The number of nitrogens with zero attached hydrogens (tertiary/aromatic N) is 2. The number of piperazine rings is 1. The number of rotatable bonds is 7. The molecular formula is C33H33N3O2. The Bertz CT molecular complexity index is 1500. The normalized spacial score (nSPS) is 19.8. The van der Waals surface area contributed by atoms with Crippen LogP contribution >= 0.6 is 0 Å². The molecule has 2 aliphatic carbocycles. The van der Waals surface area contributed by atoms with Crippen molar-refractivity contribution in [3.05, 3.63) is 107 Å². The maximum absolute atomic E-state index is 13.7. The van der Waals surface area contributed by atoms with E-state index in [-0.39, 0.29) is 24.4 Å². The molecule has 3 fully saturated rings. The number of nitrogens with one attached hydrogen (secondary N) is 1. The van der Waals surface area contributed by atoms with Gasteiger partial charge in [-0.1, -0.05) is 60.7 Å². The Balaban J connectivity index is 1.14. The molecule has 5 heteroatoms. The molecule has 7 rings (SSSR count). The first-order chi connectivity index (χ1) is 18.6. The third-order valence-corrected chi connectivity index (χ3v) is 8.40. The number of fused-ring (bicyclic) bond motifs is 1. The van der Waals surface area contributed by atoms with E-state index in [9.17, 15) is 9.59 Å². The van der Waals surface area contributed by atoms with Gasteiger partial charge in [0.2, 0.25) is 5.91 Å². The fourth-order valence-corrected chi connectivity index (χ4v) is 5.97. The van der Waals surface area contributed by atoms with Crippen LogP contribution in [-0.4, -0.2) is 45.7 Å². The molecule has 4 aromatic rings. The van der Waals surface area contributed by atoms with E-state index in [1.807, 2.05) is 29.2 Å². The first kappa shape index (κ1) is 23.3. The Morgan fingerprint density at radius 1 is 0.816 bits per heavy atom. The topological polar surface area (TPSA) is 56.4 Å². The molecule has 5 nitrogen and oxygen atoms in total. The summed E-state index contributed by atoms with van der Waals surface area (Å²) in [7, 11) is 0. The summed E-state index contributed by atoms with van der Waals surface area (Å²) in [5.41, 5.74) is 6.61. The number of aromatic nitrogens is 1. The van der Waals surface area contributed by atoms with Crippen LogP contribution in [0.2, 0.25) is 0 Å². The fraction of sp³-hybridized carbons (Fsp3) is 0.333. The van der Waals surface area contributed by atoms with Crippen LogP contribution in [0, 0.1) is 0 Å². The van der Waals surface area contributed by atoms with Crippen LogP contribution in [0.1, 0.15) is 70.3 Å². The SMILES string of the molecule is O=C(c1cc2cc(C3CC3)ccc2[nH]1)N1CC(=O)N(Cc2cccc(C3CC3)c2)[C@@H](Cc2ccccc2)C1. The first-order valence-electron chi connectivity index (χ1n) is 13.9. The summed E-state index contributed by atoms with van der Waals surface area (Å²) in [6.45, 7) is 1.20. The van der Waals surface area contributed by atoms with Crippen molar-refractivity contribution in [3.8, 4) is 0 Å². The van der Waals surface area contributed by atoms with Crippen LogP contribution < -0.4 is 0 Å². The van der Waals surface area contributed by atoms with Gasteiger partial charge in [-0.3, -0.25) is 9.59 Å². The molecule has 0 bridgehead atoms. The van der Waals surface area contributed by atoms with E-state index < -0.39 is 0 Å². The summed E-state index contributed by atoms with van der Waals surface area (Å²) in [4.78, 5) is 34.3. The Hall–Kier alpha value is -3.86. The van der Waals surface area contributed by atoms with Gasteiger partial charge in [-0.25, -0.2) is 0 Å². The van der Waals surface area contributed by atoms with Crippen molar-refractivity contribution >= 4 is 22.7 Å². The fourth-order valence-electron chi connectivity index (χ4n) is 5.97. The van der Waals surface area contributed by atoms with Gasteiger partial charge < -0.3 is 14.8 Å². The van der Waals surface area contributed by atoms with Crippen molar-refractivity contribution in [2.75, 3.05) is 13.1 Å². The number of hydrogen-bond donors (Lipinski definition) is 1. The zero-order valence-electron chi connectivity index (χ0n) is 21.6. The van der Waals surface area contributed by atoms with Gasteiger partial charge in [-0.05, 0) is 84.4 Å². The standard InChI is InChI=1S/C33H33N3O2/c37-32-21-35(33(38)31-18-28-17-27(25-11-12-25)13-14-30(28)34-31)20-29(16-22-5-2-1-3-6-22)36(32)19-23-7-4-8-26(15-23)24-9-10-24/h1-8,13-15,17-18,24-25,29,34H,9-12,16,19-21H2/t29-/m0/s1. The van der Waals surface area contributed by atoms with Gasteiger partial charge in [-0.15, -0.1) is 0 Å². The van der Waals surface area contributed by atoms with E-state index in [1.165, 1.54) is 47.9 Å². The minimum atomic E-state index is -0.101. The molecule has 38 heavy (non-hydrogen) atoms. The molecule has 2 heterocycles. The highest BCUT2D eigenvalue weighted by molar-refractivity contribution is 6.00. The average molecular weight is 504 g/mol. The van der Waals surface area contributed by atoms with E-state index in [4.69, 9.17) is 0 Å². The quantitative estimate of drug-likeness (QED) is 0.335. The second-order valence-corrected chi connectivity index (χ2v) is 11.4. The van der Waals surface area contributed by atoms with E-state index >= 15 is 0 Å². The van der Waals surface area contributed by atoms with Crippen LogP contribution in [-0.2, 0) is 17.8 Å². The predicted octanol–water partition coefficient (Wildman–Crippen LogP) is 6.02. The molecule has 192 valence electrons. The Labute approximate surface area is 223 Å². The molecule has 1 aromatic heterocycles. The van der Waals surface area contributed by atoms with Crippen molar-refractivity contribution in [1.82, 2.24) is 14.8 Å². The highest BCUT2D eigenvalue weighted by Gasteiger charge is 2.36. The Morgan fingerprint density at radius 2 is 1.55 bits per heavy atom. The zero-order valence-corrected chi connectivity index (χ0v) is 21.6. The highest BCUT2D eigenvalue weighted by atomic mass is 16.2. The number of hydrogen-bond acceptors (Lipinski definition) is 2. The summed E-state index contributed by atoms with van der Waals surface area (Å²) in [5.74, 6) is 1.25. The minimum Gasteiger partial charge on any atom is -0.351 e. The van der Waals surface area contributed by atoms with Gasteiger partial charge in [0.15, 0.2) is 0 Å². The third-order valence-electron chi connectivity index (χ3n) is 8.40. The molecule has 1 N–H and O–H groups in total. The molecule has 1 saturated heterocycles. The highest BCUT2D eigenvalue weighted by Crippen LogP contribution is 2.41. The zero-order chi connectivity index (χ0) is 25.6. The number of amides is 2. The van der Waals surface area contributed by atoms with Crippen LogP contribution in [0.5, 0.6) is 0 Å². The maximum Gasteiger partial charge on any atom is 0.270 e. The lowest BCUT2D eigenvalue weighted by molar-refractivity contribution is -0.139. The summed E-state index contributed by atoms with van der Waals surface area (Å²) >= 11 is 0. The van der Waals surface area contributed by atoms with E-state index in [0.717, 1.165) is 17.3 Å². The average Bonchev–Trinajstić information content (AvgIpc) is 3.87. The lowest BCUT2D eigenvalue weighted by Gasteiger charge is -2.41. The smallest absolute Gasteiger partial charge is 0.270 e. The molecule has 2 saturated carbocycles. The van der Waals surface area contributed by atoms with Crippen LogP contribution in [0.3, 0.4) is 0 Å². The first-order valence-corrected chi connectivity index (χ1v) is 13.9. The number of carbonyl (C=O) groups excluding carboxylic acids is 2. The lowest BCUT2D eigenvalue weighted by Crippen LogP contribution is -2.58. The number of H-pyrrole nitrogens is 1. The second-order valence-electron chi connectivity index (χ2n) is 11.4. The van der Waals surface area contributed by atoms with Crippen LogP contribution in [0.15, 0.2) is 78.9 Å². The molecular weight excluding hydrogens is 470 g/mol. The number of benzene rings is 3. The summed E-state index contributed by atoms with van der Waals surface area (Å²) < 4.78 is 0. The molecule has 1 aliphatic heterocycles. The van der Waals surface area contributed by atoms with E-state index in [1.54, 1.807) is 4.90 Å². The van der Waals surface area contributed by atoms with Crippen molar-refractivity contribution in [2.24, 2.45) is 0 Å². The molecule has 0 unspecified atom stereocenters. The van der Waals surface area contributed by atoms with Crippen LogP contribution in [0.25, 0.3) is 10.9 Å². The van der Waals surface area contributed by atoms with Gasteiger partial charge >= 0.3 is 0 Å². The molecule has 0 spiro atoms. The Kier molecular flexibility index (Phi) is 5.80. The third kappa shape index (κ3) is 4.73. The lowest BCUT2D eigenvalue weighted by atomic mass is 10.00. The van der Waals surface area contributed by atoms with Gasteiger partial charge in [0.05, 0.1) is 6.04 Å². The molecule has 3 aromatic carbocycles. The van der Waals surface area contributed by atoms with Crippen molar-refractivity contribution < 1.29 is 9.59 Å². The van der Waals surface area contributed by atoms with Gasteiger partial charge in [0.25, 0.3) is 5.91 Å². The molecule has 3 aliphatic rings. The predicted molar refractivity (Wildman–Crippen MR) is 149 cm³/mol. The van der Waals surface area contributed by atoms with Gasteiger partial charge in [0.1, 0.15) is 12.2 Å². The van der Waals surface area contributed by atoms with E-state index in [0.29, 0.717) is 30.6 Å². The molecule has 2 amide bonds. The van der Waals surface area contributed by atoms with Crippen molar-refractivity contribution in [2.45, 2.75) is 56.5 Å². The van der Waals surface area contributed by atoms with E-state index in [2.05, 4.69) is 59.6 Å². The van der Waals surface area contributed by atoms with Crippen LogP contribution in [0.4, 0.5) is 0 Å². The maximum atomic E-state index is 13.7. The van der Waals surface area contributed by atoms with Crippen molar-refractivity contribution in [3.63, 3.8) is 0 Å². The van der Waals surface area contributed by atoms with Crippen molar-refractivity contribution in [1.29, 1.82) is 0 Å². The van der Waals surface area contributed by atoms with Gasteiger partial charge in [-0.2, -0.15) is 0 Å². The second kappa shape index (κ2) is 9.46. The summed E-state index contributed by atoms with van der Waals surface area (Å²) in [6.07, 6.45) is 5.74. The monoisotopic (exact) mass is 503 g/mol. The minimum absolute atomic E-state index is 0.00878. The molecule has 0 radical (unpaired) electrons. The number of aromatic amines is 1. The molecule has 1 atom stereocenters. The van der Waals surface area contributed by atoms with Gasteiger partial charge in [0, 0.05) is 24.0 Å². The largest absolute Gasteiger partial charge is 0.351 e.